The summed E-state index contributed by atoms with van der Waals surface area (Å²) in [6, 6.07) is 4.02. The number of carbonyl (C=O) groups excluding carboxylic acids is 1. The van der Waals surface area contributed by atoms with Crippen LogP contribution in [0.4, 0.5) is 5.69 Å². The molecule has 1 saturated heterocycles. The van der Waals surface area contributed by atoms with Gasteiger partial charge in [-0.2, -0.15) is 0 Å². The molecule has 1 aromatic carbocycles. The van der Waals surface area contributed by atoms with Crippen LogP contribution in [0.25, 0.3) is 0 Å². The third-order valence-electron chi connectivity index (χ3n) is 3.07. The number of morpholine rings is 1. The van der Waals surface area contributed by atoms with Gasteiger partial charge in [0.25, 0.3) is 5.91 Å². The van der Waals surface area contributed by atoms with E-state index in [1.165, 1.54) is 25.2 Å². The molecule has 1 aliphatic rings. The maximum atomic E-state index is 11.6. The SMILES string of the molecule is CNC(=O)c1ccc([N+](=O)[O-])c(OCC2CNCCO2)c1. The van der Waals surface area contributed by atoms with Crippen LogP contribution in [0.15, 0.2) is 18.2 Å². The Hall–Kier alpha value is -2.19. The largest absolute Gasteiger partial charge is 0.484 e. The average Bonchev–Trinajstić information content (AvgIpc) is 2.52. The summed E-state index contributed by atoms with van der Waals surface area (Å²) < 4.78 is 10.9. The van der Waals surface area contributed by atoms with Crippen molar-refractivity contribution in [1.29, 1.82) is 0 Å². The minimum atomic E-state index is -0.539. The molecule has 1 aromatic rings. The Morgan fingerprint density at radius 1 is 1.62 bits per heavy atom. The first kappa shape index (κ1) is 15.2. The molecule has 1 unspecified atom stereocenters. The summed E-state index contributed by atoms with van der Waals surface area (Å²) in [6.07, 6.45) is -0.165. The van der Waals surface area contributed by atoms with Crippen LogP contribution in [-0.4, -0.2) is 50.3 Å². The van der Waals surface area contributed by atoms with Gasteiger partial charge in [0.05, 0.1) is 11.5 Å². The molecule has 21 heavy (non-hydrogen) atoms. The summed E-state index contributed by atoms with van der Waals surface area (Å²) >= 11 is 0. The van der Waals surface area contributed by atoms with Crippen molar-refractivity contribution >= 4 is 11.6 Å². The molecule has 0 bridgehead atoms. The highest BCUT2D eigenvalue weighted by Crippen LogP contribution is 2.28. The third kappa shape index (κ3) is 3.89. The molecule has 2 N–H and O–H groups in total. The summed E-state index contributed by atoms with van der Waals surface area (Å²) in [4.78, 5) is 22.0. The summed E-state index contributed by atoms with van der Waals surface area (Å²) in [7, 11) is 1.49. The monoisotopic (exact) mass is 295 g/mol. The lowest BCUT2D eigenvalue weighted by Gasteiger charge is -2.23. The molecule has 1 atom stereocenters. The van der Waals surface area contributed by atoms with Gasteiger partial charge in [-0.15, -0.1) is 0 Å². The van der Waals surface area contributed by atoms with Crippen LogP contribution in [-0.2, 0) is 4.74 Å². The zero-order chi connectivity index (χ0) is 15.2. The van der Waals surface area contributed by atoms with Gasteiger partial charge >= 0.3 is 5.69 Å². The third-order valence-corrected chi connectivity index (χ3v) is 3.07. The number of carbonyl (C=O) groups is 1. The minimum Gasteiger partial charge on any atom is -0.484 e. The van der Waals surface area contributed by atoms with Crippen molar-refractivity contribution in [3.8, 4) is 5.75 Å². The molecule has 1 amide bonds. The van der Waals surface area contributed by atoms with Gasteiger partial charge in [-0.25, -0.2) is 0 Å². The van der Waals surface area contributed by atoms with E-state index in [9.17, 15) is 14.9 Å². The minimum absolute atomic E-state index is 0.0651. The van der Waals surface area contributed by atoms with Gasteiger partial charge in [0.2, 0.25) is 0 Å². The smallest absolute Gasteiger partial charge is 0.310 e. The van der Waals surface area contributed by atoms with Gasteiger partial charge in [-0.1, -0.05) is 0 Å². The highest BCUT2D eigenvalue weighted by Gasteiger charge is 2.20. The predicted octanol–water partition coefficient (Wildman–Crippen LogP) is 0.322. The number of amides is 1. The number of rotatable bonds is 5. The van der Waals surface area contributed by atoms with E-state index in [0.29, 0.717) is 18.7 Å². The molecular weight excluding hydrogens is 278 g/mol. The highest BCUT2D eigenvalue weighted by molar-refractivity contribution is 5.94. The predicted molar refractivity (Wildman–Crippen MR) is 74.6 cm³/mol. The zero-order valence-corrected chi connectivity index (χ0v) is 11.6. The standard InChI is InChI=1S/C13H17N3O5/c1-14-13(17)9-2-3-11(16(18)19)12(6-9)21-8-10-7-15-4-5-20-10/h2-3,6,10,15H,4-5,7-8H2,1H3,(H,14,17). The van der Waals surface area contributed by atoms with Crippen molar-refractivity contribution in [1.82, 2.24) is 10.6 Å². The van der Waals surface area contributed by atoms with Crippen LogP contribution in [0.1, 0.15) is 10.4 Å². The summed E-state index contributed by atoms with van der Waals surface area (Å²) in [5.74, 6) is -0.263. The van der Waals surface area contributed by atoms with Crippen LogP contribution in [0.5, 0.6) is 5.75 Å². The van der Waals surface area contributed by atoms with Gasteiger partial charge in [0, 0.05) is 37.8 Å². The Balaban J connectivity index is 2.13. The van der Waals surface area contributed by atoms with Crippen LogP contribution in [0, 0.1) is 10.1 Å². The van der Waals surface area contributed by atoms with Crippen molar-refractivity contribution in [2.24, 2.45) is 0 Å². The molecule has 1 aliphatic heterocycles. The fourth-order valence-electron chi connectivity index (χ4n) is 1.98. The normalized spacial score (nSPS) is 18.0. The zero-order valence-electron chi connectivity index (χ0n) is 11.6. The molecule has 8 nitrogen and oxygen atoms in total. The number of hydrogen-bond acceptors (Lipinski definition) is 6. The maximum absolute atomic E-state index is 11.6. The van der Waals surface area contributed by atoms with Crippen molar-refractivity contribution in [3.05, 3.63) is 33.9 Å². The summed E-state index contributed by atoms with van der Waals surface area (Å²) in [6.45, 7) is 2.17. The second kappa shape index (κ2) is 7.00. The number of benzene rings is 1. The van der Waals surface area contributed by atoms with Crippen LogP contribution in [0.3, 0.4) is 0 Å². The highest BCUT2D eigenvalue weighted by atomic mass is 16.6. The van der Waals surface area contributed by atoms with Gasteiger partial charge < -0.3 is 20.1 Å². The fraction of sp³-hybridized carbons (Fsp3) is 0.462. The second-order valence-electron chi connectivity index (χ2n) is 4.53. The van der Waals surface area contributed by atoms with E-state index in [1.807, 2.05) is 0 Å². The molecular formula is C13H17N3O5. The van der Waals surface area contributed by atoms with E-state index in [2.05, 4.69) is 10.6 Å². The van der Waals surface area contributed by atoms with Crippen molar-refractivity contribution < 1.29 is 19.2 Å². The van der Waals surface area contributed by atoms with Gasteiger partial charge in [-0.05, 0) is 6.07 Å². The van der Waals surface area contributed by atoms with Crippen LogP contribution >= 0.6 is 0 Å². The molecule has 114 valence electrons. The number of ether oxygens (including phenoxy) is 2. The molecule has 0 saturated carbocycles. The number of nitrogens with one attached hydrogen (secondary N) is 2. The topological polar surface area (TPSA) is 103 Å². The quantitative estimate of drug-likeness (QED) is 0.599. The van der Waals surface area contributed by atoms with Gasteiger partial charge in [0.15, 0.2) is 5.75 Å². The van der Waals surface area contributed by atoms with Crippen LogP contribution in [0.2, 0.25) is 0 Å². The molecule has 1 fully saturated rings. The fourth-order valence-corrected chi connectivity index (χ4v) is 1.98. The number of hydrogen-bond donors (Lipinski definition) is 2. The molecule has 8 heteroatoms. The lowest BCUT2D eigenvalue weighted by atomic mass is 10.2. The molecule has 1 heterocycles. The second-order valence-corrected chi connectivity index (χ2v) is 4.53. The lowest BCUT2D eigenvalue weighted by Crippen LogP contribution is -2.41. The Morgan fingerprint density at radius 3 is 3.05 bits per heavy atom. The Kier molecular flexibility index (Phi) is 5.07. The molecule has 2 rings (SSSR count). The number of nitro benzene ring substituents is 1. The number of nitrogens with zero attached hydrogens (tertiary/aromatic N) is 1. The van der Waals surface area contributed by atoms with E-state index in [4.69, 9.17) is 9.47 Å². The van der Waals surface area contributed by atoms with Crippen molar-refractivity contribution in [2.75, 3.05) is 33.4 Å². The molecule has 0 spiro atoms. The first-order valence-electron chi connectivity index (χ1n) is 6.57. The van der Waals surface area contributed by atoms with Crippen LogP contribution < -0.4 is 15.4 Å². The summed E-state index contributed by atoms with van der Waals surface area (Å²) in [5.41, 5.74) is 0.132. The first-order chi connectivity index (χ1) is 10.1. The van der Waals surface area contributed by atoms with Gasteiger partial charge in [0.1, 0.15) is 12.7 Å². The number of nitro groups is 1. The van der Waals surface area contributed by atoms with E-state index in [0.717, 1.165) is 6.54 Å². The summed E-state index contributed by atoms with van der Waals surface area (Å²) in [5, 5.41) is 16.6. The Bertz CT molecular complexity index is 529. The van der Waals surface area contributed by atoms with Crippen molar-refractivity contribution in [2.45, 2.75) is 6.10 Å². The van der Waals surface area contributed by atoms with Gasteiger partial charge in [-0.3, -0.25) is 14.9 Å². The molecule has 0 aromatic heterocycles. The Labute approximate surface area is 121 Å². The van der Waals surface area contributed by atoms with E-state index in [-0.39, 0.29) is 30.1 Å². The maximum Gasteiger partial charge on any atom is 0.310 e. The average molecular weight is 295 g/mol. The molecule has 0 radical (unpaired) electrons. The van der Waals surface area contributed by atoms with E-state index >= 15 is 0 Å². The first-order valence-corrected chi connectivity index (χ1v) is 6.57. The molecule has 0 aliphatic carbocycles. The lowest BCUT2D eigenvalue weighted by molar-refractivity contribution is -0.385. The Morgan fingerprint density at radius 2 is 2.43 bits per heavy atom. The van der Waals surface area contributed by atoms with Crippen molar-refractivity contribution in [3.63, 3.8) is 0 Å². The van der Waals surface area contributed by atoms with E-state index < -0.39 is 4.92 Å². The van der Waals surface area contributed by atoms with E-state index in [1.54, 1.807) is 0 Å².